The van der Waals surface area contributed by atoms with Crippen molar-refractivity contribution in [3.05, 3.63) is 61.0 Å². The summed E-state index contributed by atoms with van der Waals surface area (Å²) in [7, 11) is 1.70. The van der Waals surface area contributed by atoms with Crippen molar-refractivity contribution in [2.75, 3.05) is 13.7 Å². The largest absolute Gasteiger partial charge is 0.332 e. The normalized spacial score (nSPS) is 14.1. The first-order valence-corrected chi connectivity index (χ1v) is 9.16. The Morgan fingerprint density at radius 3 is 2.43 bits per heavy atom. The van der Waals surface area contributed by atoms with Gasteiger partial charge in [-0.3, -0.25) is 19.4 Å². The van der Waals surface area contributed by atoms with Crippen molar-refractivity contribution in [1.29, 1.82) is 0 Å². The van der Waals surface area contributed by atoms with E-state index in [0.717, 1.165) is 0 Å². The van der Waals surface area contributed by atoms with Gasteiger partial charge in [-0.05, 0) is 24.1 Å². The minimum atomic E-state index is -0.535. The van der Waals surface area contributed by atoms with Crippen molar-refractivity contribution in [3.8, 4) is 0 Å². The molecule has 0 bridgehead atoms. The Bertz CT molecular complexity index is 1040. The molecule has 0 saturated carbocycles. The molecule has 0 saturated heterocycles. The van der Waals surface area contributed by atoms with Crippen molar-refractivity contribution >= 4 is 40.6 Å². The predicted octanol–water partition coefficient (Wildman–Crippen LogP) is 2.15. The van der Waals surface area contributed by atoms with Crippen LogP contribution in [0.25, 0.3) is 0 Å². The van der Waals surface area contributed by atoms with Crippen molar-refractivity contribution in [2.24, 2.45) is 5.10 Å². The van der Waals surface area contributed by atoms with Gasteiger partial charge in [0.05, 0.1) is 15.6 Å². The van der Waals surface area contributed by atoms with E-state index in [1.54, 1.807) is 12.1 Å². The summed E-state index contributed by atoms with van der Waals surface area (Å²) in [5, 5.41) is 14.6. The number of aromatic nitrogens is 2. The molecule has 0 unspecified atom stereocenters. The highest BCUT2D eigenvalue weighted by molar-refractivity contribution is 6.47. The Balaban J connectivity index is 2.05. The van der Waals surface area contributed by atoms with Crippen LogP contribution in [0.1, 0.15) is 46.9 Å². The van der Waals surface area contributed by atoms with E-state index >= 15 is 0 Å². The molecule has 2 aromatic rings. The van der Waals surface area contributed by atoms with E-state index in [2.05, 4.69) is 20.6 Å². The molecule has 1 aliphatic rings. The van der Waals surface area contributed by atoms with Crippen molar-refractivity contribution < 1.29 is 9.59 Å². The molecule has 0 fully saturated rings. The molecule has 2 N–H and O–H groups in total. The molecule has 1 aromatic heterocycles. The lowest BCUT2D eigenvalue weighted by Crippen LogP contribution is -2.43. The molecule has 28 heavy (non-hydrogen) atoms. The number of hydrogen-bond donors (Lipinski definition) is 2. The maximum atomic E-state index is 12.9. The van der Waals surface area contributed by atoms with Gasteiger partial charge in [-0.15, -0.1) is 0 Å². The summed E-state index contributed by atoms with van der Waals surface area (Å²) < 4.78 is 0. The number of carbonyl (C=O) groups excluding carboxylic acids is 2. The third kappa shape index (κ3) is 3.79. The van der Waals surface area contributed by atoms with Crippen LogP contribution in [-0.4, -0.2) is 46.3 Å². The number of hydrogen-bond acceptors (Lipinski definition) is 6. The molecular formula is C18H17Cl2N5O3. The lowest BCUT2D eigenvalue weighted by Gasteiger charge is -2.22. The number of ketones is 1. The molecule has 0 atom stereocenters. The van der Waals surface area contributed by atoms with Gasteiger partial charge in [0.15, 0.2) is 5.71 Å². The molecule has 0 radical (unpaired) electrons. The number of nitrogens with one attached hydrogen (secondary N) is 2. The number of halogens is 2. The van der Waals surface area contributed by atoms with Crippen LogP contribution in [0, 0.1) is 0 Å². The van der Waals surface area contributed by atoms with Gasteiger partial charge in [0.1, 0.15) is 12.4 Å². The highest BCUT2D eigenvalue weighted by atomic mass is 35.5. The van der Waals surface area contributed by atoms with E-state index in [-0.39, 0.29) is 51.1 Å². The quantitative estimate of drug-likeness (QED) is 0.735. The number of amides is 1. The van der Waals surface area contributed by atoms with Crippen molar-refractivity contribution in [3.63, 3.8) is 0 Å². The first-order valence-electron chi connectivity index (χ1n) is 8.40. The van der Waals surface area contributed by atoms with Gasteiger partial charge in [0.25, 0.3) is 11.5 Å². The van der Waals surface area contributed by atoms with E-state index < -0.39 is 5.78 Å². The van der Waals surface area contributed by atoms with Crippen molar-refractivity contribution in [2.45, 2.75) is 19.8 Å². The standard InChI is InChI=1S/C18H17Cl2N5O3/c1-8(2)10-6-13(22-23-17(10)27)16(26)14-11(19)4-9(5-12(14)20)15-18(28)21-7-25(3)24-15/h4-6,8H,7H2,1-3H3,(H,21,28)(H,23,27). The molecule has 146 valence electrons. The Kier molecular flexibility index (Phi) is 5.53. The molecule has 0 aliphatic carbocycles. The lowest BCUT2D eigenvalue weighted by atomic mass is 10.00. The summed E-state index contributed by atoms with van der Waals surface area (Å²) in [6, 6.07) is 4.33. The van der Waals surface area contributed by atoms with Crippen molar-refractivity contribution in [1.82, 2.24) is 20.5 Å². The molecule has 8 nitrogen and oxygen atoms in total. The zero-order valence-electron chi connectivity index (χ0n) is 15.3. The second-order valence-corrected chi connectivity index (χ2v) is 7.42. The van der Waals surface area contributed by atoms with Gasteiger partial charge in [-0.25, -0.2) is 5.10 Å². The molecule has 1 aromatic carbocycles. The van der Waals surface area contributed by atoms with Gasteiger partial charge >= 0.3 is 0 Å². The lowest BCUT2D eigenvalue weighted by molar-refractivity contribution is -0.116. The van der Waals surface area contributed by atoms with E-state index in [4.69, 9.17) is 23.2 Å². The SMILES string of the molecule is CC(C)c1cc(C(=O)c2c(Cl)cc(C3=NN(C)CNC3=O)cc2Cl)n[nH]c1=O. The number of carbonyl (C=O) groups is 2. The monoisotopic (exact) mass is 421 g/mol. The van der Waals surface area contributed by atoms with Gasteiger partial charge in [-0.1, -0.05) is 37.0 Å². The summed E-state index contributed by atoms with van der Waals surface area (Å²) in [5.41, 5.74) is 0.649. The topological polar surface area (TPSA) is 108 Å². The van der Waals surface area contributed by atoms with Crippen LogP contribution < -0.4 is 10.9 Å². The average Bonchev–Trinajstić information content (AvgIpc) is 2.63. The first kappa shape index (κ1) is 20.0. The van der Waals surface area contributed by atoms with Crippen LogP contribution in [0.3, 0.4) is 0 Å². The second-order valence-electron chi connectivity index (χ2n) is 6.61. The van der Waals surface area contributed by atoms with Crippen LogP contribution in [0.5, 0.6) is 0 Å². The maximum absolute atomic E-state index is 12.9. The number of aromatic amines is 1. The van der Waals surface area contributed by atoms with Crippen LogP contribution in [0.15, 0.2) is 28.1 Å². The molecule has 0 spiro atoms. The Hall–Kier alpha value is -2.71. The van der Waals surface area contributed by atoms with Crippen LogP contribution >= 0.6 is 23.2 Å². The Morgan fingerprint density at radius 2 is 1.82 bits per heavy atom. The zero-order valence-corrected chi connectivity index (χ0v) is 16.9. The van der Waals surface area contributed by atoms with Gasteiger partial charge in [-0.2, -0.15) is 10.2 Å². The van der Waals surface area contributed by atoms with Gasteiger partial charge in [0, 0.05) is 18.2 Å². The molecule has 1 aliphatic heterocycles. The van der Waals surface area contributed by atoms with E-state index in [1.807, 2.05) is 13.8 Å². The molecule has 10 heteroatoms. The summed E-state index contributed by atoms with van der Waals surface area (Å²) in [4.78, 5) is 36.8. The molecule has 1 amide bonds. The van der Waals surface area contributed by atoms with E-state index in [9.17, 15) is 14.4 Å². The fourth-order valence-electron chi connectivity index (χ4n) is 2.73. The highest BCUT2D eigenvalue weighted by Gasteiger charge is 2.25. The van der Waals surface area contributed by atoms with Gasteiger partial charge < -0.3 is 5.32 Å². The predicted molar refractivity (Wildman–Crippen MR) is 106 cm³/mol. The number of nitrogens with zero attached hydrogens (tertiary/aromatic N) is 3. The minimum Gasteiger partial charge on any atom is -0.332 e. The maximum Gasteiger partial charge on any atom is 0.273 e. The fourth-order valence-corrected chi connectivity index (χ4v) is 3.39. The number of hydrazone groups is 1. The summed E-state index contributed by atoms with van der Waals surface area (Å²) >= 11 is 12.6. The third-order valence-corrected chi connectivity index (χ3v) is 4.78. The third-order valence-electron chi connectivity index (χ3n) is 4.18. The van der Waals surface area contributed by atoms with Crippen LogP contribution in [0.2, 0.25) is 10.0 Å². The summed E-state index contributed by atoms with van der Waals surface area (Å²) in [6.45, 7) is 3.96. The molecule has 3 rings (SSSR count). The highest BCUT2D eigenvalue weighted by Crippen LogP contribution is 2.29. The smallest absolute Gasteiger partial charge is 0.273 e. The Morgan fingerprint density at radius 1 is 1.18 bits per heavy atom. The molecular weight excluding hydrogens is 405 g/mol. The summed E-state index contributed by atoms with van der Waals surface area (Å²) in [5.74, 6) is -0.994. The second kappa shape index (κ2) is 7.73. The number of benzene rings is 1. The molecule has 2 heterocycles. The number of H-pyrrole nitrogens is 1. The average molecular weight is 422 g/mol. The van der Waals surface area contributed by atoms with Crippen LogP contribution in [0.4, 0.5) is 0 Å². The van der Waals surface area contributed by atoms with Gasteiger partial charge in [0.2, 0.25) is 5.78 Å². The zero-order chi connectivity index (χ0) is 20.6. The minimum absolute atomic E-state index is 0.0207. The number of rotatable bonds is 4. The first-order chi connectivity index (χ1) is 13.2. The van der Waals surface area contributed by atoms with E-state index in [0.29, 0.717) is 11.1 Å². The fraction of sp³-hybridized carbons (Fsp3) is 0.278. The Labute approximate surface area is 170 Å². The van der Waals surface area contributed by atoms with Crippen LogP contribution in [-0.2, 0) is 4.79 Å². The summed E-state index contributed by atoms with van der Waals surface area (Å²) in [6.07, 6.45) is 0. The van der Waals surface area contributed by atoms with E-state index in [1.165, 1.54) is 18.2 Å².